The molecular formula is C11H15N5O5. The third-order valence-corrected chi connectivity index (χ3v) is 3.35. The number of aromatic nitrogens is 4. The van der Waals surface area contributed by atoms with Crippen LogP contribution in [0.3, 0.4) is 0 Å². The van der Waals surface area contributed by atoms with Crippen LogP contribution in [0.1, 0.15) is 6.23 Å². The number of hydrogen-bond acceptors (Lipinski definition) is 9. The van der Waals surface area contributed by atoms with E-state index in [0.29, 0.717) is 17.0 Å². The summed E-state index contributed by atoms with van der Waals surface area (Å²) in [5.74, 6) is 0.369. The molecule has 0 unspecified atom stereocenters. The van der Waals surface area contributed by atoms with Crippen LogP contribution in [0, 0.1) is 0 Å². The third-order valence-electron chi connectivity index (χ3n) is 3.35. The molecule has 0 amide bonds. The van der Waals surface area contributed by atoms with Crippen LogP contribution in [0.5, 0.6) is 0 Å². The number of anilines is 1. The topological polar surface area (TPSA) is 135 Å². The largest absolute Gasteiger partial charge is 0.394 e. The maximum atomic E-state index is 10.0. The maximum absolute atomic E-state index is 10.0. The highest BCUT2D eigenvalue weighted by molar-refractivity contribution is 5.82. The van der Waals surface area contributed by atoms with Crippen molar-refractivity contribution < 1.29 is 24.9 Å². The molecule has 21 heavy (non-hydrogen) atoms. The minimum absolute atomic E-state index is 0.369. The predicted octanol–water partition coefficient (Wildman–Crippen LogP) is -1.59. The Kier molecular flexibility index (Phi) is 3.69. The van der Waals surface area contributed by atoms with Gasteiger partial charge >= 0.3 is 0 Å². The first-order valence-electron chi connectivity index (χ1n) is 6.26. The second-order valence-corrected chi connectivity index (χ2v) is 4.58. The lowest BCUT2D eigenvalue weighted by Gasteiger charge is -2.16. The fraction of sp³-hybridized carbons (Fsp3) is 0.545. The SMILES string of the molecule is CONc1[15n]cnc2c1[15n]cn2[C@@H]1O[C@H](CO)[C@@H](O)[C@H]1O. The van der Waals surface area contributed by atoms with E-state index < -0.39 is 31.1 Å². The van der Waals surface area contributed by atoms with Gasteiger partial charge in [-0.2, -0.15) is 0 Å². The van der Waals surface area contributed by atoms with Crippen LogP contribution in [0.4, 0.5) is 5.82 Å². The number of aliphatic hydroxyl groups is 3. The van der Waals surface area contributed by atoms with Gasteiger partial charge in [0.1, 0.15) is 24.6 Å². The zero-order chi connectivity index (χ0) is 15.0. The Morgan fingerprint density at radius 3 is 2.81 bits per heavy atom. The van der Waals surface area contributed by atoms with Crippen LogP contribution < -0.4 is 5.48 Å². The van der Waals surface area contributed by atoms with Crippen molar-refractivity contribution in [2.45, 2.75) is 24.5 Å². The quantitative estimate of drug-likeness (QED) is 0.493. The summed E-state index contributed by atoms with van der Waals surface area (Å²) in [5.41, 5.74) is 3.40. The minimum Gasteiger partial charge on any atom is -0.394 e. The van der Waals surface area contributed by atoms with Gasteiger partial charge in [0.2, 0.25) is 0 Å². The van der Waals surface area contributed by atoms with Crippen molar-refractivity contribution in [1.82, 2.24) is 19.5 Å². The number of nitrogens with one attached hydrogen (secondary N) is 1. The molecule has 114 valence electrons. The van der Waals surface area contributed by atoms with Crippen molar-refractivity contribution in [3.8, 4) is 0 Å². The Labute approximate surface area is 118 Å². The van der Waals surface area contributed by atoms with E-state index in [4.69, 9.17) is 14.7 Å². The highest BCUT2D eigenvalue weighted by Gasteiger charge is 2.44. The van der Waals surface area contributed by atoms with E-state index in [9.17, 15) is 10.2 Å². The Bertz CT molecular complexity index is 634. The Hall–Kier alpha value is -1.85. The van der Waals surface area contributed by atoms with Crippen molar-refractivity contribution in [1.29, 1.82) is 0 Å². The second kappa shape index (κ2) is 5.50. The number of hydrogen-bond donors (Lipinski definition) is 4. The molecule has 3 heterocycles. The molecule has 1 saturated heterocycles. The van der Waals surface area contributed by atoms with Crippen LogP contribution in [0.25, 0.3) is 11.2 Å². The lowest BCUT2D eigenvalue weighted by atomic mass is 10.1. The normalized spacial score (nSPS) is 29.1. The van der Waals surface area contributed by atoms with E-state index in [-0.39, 0.29) is 0 Å². The number of aliphatic hydroxyl groups excluding tert-OH is 3. The Morgan fingerprint density at radius 1 is 1.33 bits per heavy atom. The zero-order valence-corrected chi connectivity index (χ0v) is 11.1. The molecule has 1 fully saturated rings. The van der Waals surface area contributed by atoms with E-state index in [1.807, 2.05) is 0 Å². The fourth-order valence-electron chi connectivity index (χ4n) is 2.32. The van der Waals surface area contributed by atoms with Gasteiger partial charge in [-0.25, -0.2) is 20.4 Å². The number of rotatable bonds is 4. The number of nitrogens with zero attached hydrogens (tertiary/aromatic N) is 4. The Balaban J connectivity index is 2.00. The smallest absolute Gasteiger partial charge is 0.181 e. The van der Waals surface area contributed by atoms with Gasteiger partial charge in [0, 0.05) is 0 Å². The molecule has 1 aliphatic rings. The average Bonchev–Trinajstić information content (AvgIpc) is 3.03. The predicted molar refractivity (Wildman–Crippen MR) is 69.0 cm³/mol. The van der Waals surface area contributed by atoms with Crippen LogP contribution >= 0.6 is 0 Å². The molecule has 2 aromatic heterocycles. The summed E-state index contributed by atoms with van der Waals surface area (Å²) < 4.78 is 6.92. The van der Waals surface area contributed by atoms with Crippen LogP contribution in [0.15, 0.2) is 12.7 Å². The molecule has 4 atom stereocenters. The molecule has 0 bridgehead atoms. The Morgan fingerprint density at radius 2 is 2.14 bits per heavy atom. The van der Waals surface area contributed by atoms with Gasteiger partial charge in [0.05, 0.1) is 20.0 Å². The summed E-state index contributed by atoms with van der Waals surface area (Å²) in [6.07, 6.45) is -1.42. The standard InChI is InChI=1S/C11H15N5O5/c1-20-15-9-6-10(13-3-12-9)16(4-14-6)11-8(19)7(18)5(2-17)21-11/h3-5,7-8,11,17-19H,2H2,1H3,(H,12,13,15)/t5-,7-,8-,11-/m1/s1/i12+1,14+1. The van der Waals surface area contributed by atoms with Crippen LogP contribution in [0.2, 0.25) is 0 Å². The maximum Gasteiger partial charge on any atom is 0.181 e. The van der Waals surface area contributed by atoms with Gasteiger partial charge in [-0.1, -0.05) is 0 Å². The summed E-state index contributed by atoms with van der Waals surface area (Å²) in [7, 11) is 1.44. The van der Waals surface area contributed by atoms with Gasteiger partial charge in [0.15, 0.2) is 23.2 Å². The van der Waals surface area contributed by atoms with Crippen molar-refractivity contribution in [2.75, 3.05) is 19.2 Å². The molecule has 1 aliphatic heterocycles. The molecule has 0 aliphatic carbocycles. The summed E-state index contributed by atoms with van der Waals surface area (Å²) in [6.45, 7) is -0.396. The molecule has 0 aromatic carbocycles. The highest BCUT2D eigenvalue weighted by Crippen LogP contribution is 2.31. The first kappa shape index (κ1) is 14.1. The summed E-state index contributed by atoms with van der Waals surface area (Å²) >= 11 is 0. The first-order chi connectivity index (χ1) is 10.2. The van der Waals surface area contributed by atoms with E-state index in [0.717, 1.165) is 0 Å². The monoisotopic (exact) mass is 299 g/mol. The lowest BCUT2D eigenvalue weighted by Crippen LogP contribution is -2.33. The number of ether oxygens (including phenoxy) is 1. The highest BCUT2D eigenvalue weighted by atomic mass is 16.6. The van der Waals surface area contributed by atoms with Gasteiger partial charge in [-0.3, -0.25) is 9.40 Å². The third kappa shape index (κ3) is 2.22. The number of fused-ring (bicyclic) bond motifs is 1. The first-order valence-corrected chi connectivity index (χ1v) is 6.26. The van der Waals surface area contributed by atoms with Gasteiger partial charge < -0.3 is 20.1 Å². The molecule has 0 spiro atoms. The van der Waals surface area contributed by atoms with E-state index >= 15 is 0 Å². The summed E-state index contributed by atoms with van der Waals surface area (Å²) in [5, 5.41) is 29.0. The van der Waals surface area contributed by atoms with E-state index in [1.165, 1.54) is 24.3 Å². The van der Waals surface area contributed by atoms with Crippen LogP contribution in [-0.2, 0) is 9.57 Å². The molecule has 0 radical (unpaired) electrons. The van der Waals surface area contributed by atoms with Crippen molar-refractivity contribution in [3.05, 3.63) is 12.7 Å². The average molecular weight is 299 g/mol. The van der Waals surface area contributed by atoms with E-state index in [1.54, 1.807) is 0 Å². The van der Waals surface area contributed by atoms with Crippen molar-refractivity contribution in [2.24, 2.45) is 0 Å². The number of imidazole rings is 1. The summed E-state index contributed by atoms with van der Waals surface area (Å²) in [6, 6.07) is 0. The molecule has 10 heteroatoms. The molecule has 2 aromatic rings. The molecule has 0 saturated carbocycles. The van der Waals surface area contributed by atoms with Gasteiger partial charge in [-0.05, 0) is 0 Å². The summed E-state index contributed by atoms with van der Waals surface area (Å²) in [4.78, 5) is 17.0. The second-order valence-electron chi connectivity index (χ2n) is 4.58. The van der Waals surface area contributed by atoms with Gasteiger partial charge in [-0.15, -0.1) is 0 Å². The fourth-order valence-corrected chi connectivity index (χ4v) is 2.32. The zero-order valence-electron chi connectivity index (χ0n) is 11.1. The molecular weight excluding hydrogens is 284 g/mol. The van der Waals surface area contributed by atoms with E-state index in [2.05, 4.69) is 20.4 Å². The van der Waals surface area contributed by atoms with Crippen LogP contribution in [-0.4, -0.2) is 66.9 Å². The molecule has 10 nitrogen and oxygen atoms in total. The molecule has 3 rings (SSSR count). The van der Waals surface area contributed by atoms with Gasteiger partial charge in [0.25, 0.3) is 0 Å². The molecule has 4 N–H and O–H groups in total. The minimum atomic E-state index is -1.20. The van der Waals surface area contributed by atoms with Crippen molar-refractivity contribution in [3.63, 3.8) is 0 Å². The lowest BCUT2D eigenvalue weighted by molar-refractivity contribution is -0.0511. The van der Waals surface area contributed by atoms with Crippen molar-refractivity contribution >= 4 is 17.0 Å².